The van der Waals surface area contributed by atoms with E-state index in [1.54, 1.807) is 0 Å². The molecule has 2 aromatic rings. The van der Waals surface area contributed by atoms with E-state index < -0.39 is 36.5 Å². The highest BCUT2D eigenvalue weighted by Gasteiger charge is 2.31. The fourth-order valence-corrected chi connectivity index (χ4v) is 4.59. The van der Waals surface area contributed by atoms with Crippen molar-refractivity contribution in [1.82, 2.24) is 0 Å². The molecule has 1 aliphatic rings. The van der Waals surface area contributed by atoms with Crippen LogP contribution in [0.5, 0.6) is 0 Å². The lowest BCUT2D eigenvalue weighted by atomic mass is 10.2. The van der Waals surface area contributed by atoms with Gasteiger partial charge in [0.2, 0.25) is 9.84 Å². The Morgan fingerprint density at radius 2 is 1.72 bits per heavy atom. The standard InChI is InChI=1S/C15H10F3NO4S2/c16-15(17,18)11-2-1-3-13(8-11)25(22,23)19-12-5-4-10-6-7-24(20,21)14(10)9-12/h1-9,19H. The third kappa shape index (κ3) is 3.40. The highest BCUT2D eigenvalue weighted by molar-refractivity contribution is 7.95. The molecule has 10 heteroatoms. The lowest BCUT2D eigenvalue weighted by molar-refractivity contribution is -0.137. The zero-order valence-corrected chi connectivity index (χ0v) is 13.9. The van der Waals surface area contributed by atoms with Gasteiger partial charge in [0.25, 0.3) is 10.0 Å². The van der Waals surface area contributed by atoms with E-state index in [0.717, 1.165) is 29.7 Å². The molecule has 0 saturated carbocycles. The molecule has 0 amide bonds. The van der Waals surface area contributed by atoms with Gasteiger partial charge in [-0.25, -0.2) is 16.8 Å². The third-order valence-electron chi connectivity index (χ3n) is 3.47. The van der Waals surface area contributed by atoms with Crippen molar-refractivity contribution in [2.75, 3.05) is 4.72 Å². The number of hydrogen-bond acceptors (Lipinski definition) is 4. The van der Waals surface area contributed by atoms with Crippen LogP contribution >= 0.6 is 0 Å². The quantitative estimate of drug-likeness (QED) is 0.874. The first-order valence-corrected chi connectivity index (χ1v) is 9.79. The number of rotatable bonds is 3. The average Bonchev–Trinajstić information content (AvgIpc) is 2.82. The topological polar surface area (TPSA) is 80.3 Å². The molecule has 132 valence electrons. The van der Waals surface area contributed by atoms with Crippen LogP contribution in [0.15, 0.2) is 57.7 Å². The summed E-state index contributed by atoms with van der Waals surface area (Å²) in [6.45, 7) is 0. The molecule has 0 spiro atoms. The monoisotopic (exact) mass is 389 g/mol. The number of hydrogen-bond donors (Lipinski definition) is 1. The molecule has 1 heterocycles. The second kappa shape index (κ2) is 5.60. The Morgan fingerprint density at radius 1 is 1.00 bits per heavy atom. The van der Waals surface area contributed by atoms with Crippen LogP contribution in [0.1, 0.15) is 11.1 Å². The van der Waals surface area contributed by atoms with Crippen molar-refractivity contribution in [2.45, 2.75) is 16.0 Å². The minimum Gasteiger partial charge on any atom is -0.280 e. The lowest BCUT2D eigenvalue weighted by Gasteiger charge is -2.12. The molecule has 1 aliphatic heterocycles. The highest BCUT2D eigenvalue weighted by atomic mass is 32.2. The van der Waals surface area contributed by atoms with Crippen LogP contribution in [0.3, 0.4) is 0 Å². The molecule has 1 N–H and O–H groups in total. The van der Waals surface area contributed by atoms with E-state index in [4.69, 9.17) is 0 Å². The van der Waals surface area contributed by atoms with Gasteiger partial charge in [-0.05, 0) is 42.0 Å². The molecule has 0 bridgehead atoms. The first kappa shape index (κ1) is 17.5. The second-order valence-electron chi connectivity index (χ2n) is 5.23. The van der Waals surface area contributed by atoms with E-state index in [0.29, 0.717) is 11.6 Å². The van der Waals surface area contributed by atoms with Gasteiger partial charge < -0.3 is 0 Å². The second-order valence-corrected chi connectivity index (χ2v) is 8.72. The number of anilines is 1. The van der Waals surface area contributed by atoms with Gasteiger partial charge >= 0.3 is 6.18 Å². The van der Waals surface area contributed by atoms with Gasteiger partial charge in [0, 0.05) is 5.41 Å². The molecule has 3 rings (SSSR count). The van der Waals surface area contributed by atoms with Gasteiger partial charge in [-0.15, -0.1) is 0 Å². The number of alkyl halides is 3. The Balaban J connectivity index is 1.96. The lowest BCUT2D eigenvalue weighted by Crippen LogP contribution is -2.15. The van der Waals surface area contributed by atoms with Gasteiger partial charge in [0.1, 0.15) is 0 Å². The number of sulfone groups is 1. The van der Waals surface area contributed by atoms with Crippen molar-refractivity contribution < 1.29 is 30.0 Å². The number of nitrogens with one attached hydrogen (secondary N) is 1. The number of halogens is 3. The Hall–Kier alpha value is -2.33. The largest absolute Gasteiger partial charge is 0.416 e. The fourth-order valence-electron chi connectivity index (χ4n) is 2.27. The number of fused-ring (bicyclic) bond motifs is 1. The molecule has 25 heavy (non-hydrogen) atoms. The predicted molar refractivity (Wildman–Crippen MR) is 84.9 cm³/mol. The number of sulfonamides is 1. The summed E-state index contributed by atoms with van der Waals surface area (Å²) in [7, 11) is -7.95. The third-order valence-corrected chi connectivity index (χ3v) is 6.31. The molecule has 2 aromatic carbocycles. The van der Waals surface area contributed by atoms with Gasteiger partial charge in [-0.3, -0.25) is 4.72 Å². The van der Waals surface area contributed by atoms with Crippen LogP contribution in [-0.2, 0) is 26.0 Å². The molecule has 0 unspecified atom stereocenters. The van der Waals surface area contributed by atoms with Gasteiger partial charge in [-0.2, -0.15) is 13.2 Å². The zero-order valence-electron chi connectivity index (χ0n) is 12.3. The summed E-state index contributed by atoms with van der Waals surface area (Å²) in [5.41, 5.74) is -0.762. The Bertz CT molecular complexity index is 1090. The van der Waals surface area contributed by atoms with Gasteiger partial charge in [0.05, 0.1) is 21.0 Å². The van der Waals surface area contributed by atoms with Crippen molar-refractivity contribution in [2.24, 2.45) is 0 Å². The van der Waals surface area contributed by atoms with E-state index in [-0.39, 0.29) is 10.6 Å². The van der Waals surface area contributed by atoms with E-state index in [1.807, 2.05) is 0 Å². The molecular formula is C15H10F3NO4S2. The molecule has 0 saturated heterocycles. The molecule has 0 aliphatic carbocycles. The predicted octanol–water partition coefficient (Wildman–Crippen LogP) is 3.26. The molecule has 0 radical (unpaired) electrons. The minimum absolute atomic E-state index is 0.0663. The summed E-state index contributed by atoms with van der Waals surface area (Å²) < 4.78 is 88.5. The maximum atomic E-state index is 12.7. The molecular weight excluding hydrogens is 379 g/mol. The zero-order chi connectivity index (χ0) is 18.5. The Kier molecular flexibility index (Phi) is 3.92. The van der Waals surface area contributed by atoms with Crippen molar-refractivity contribution in [1.29, 1.82) is 0 Å². The smallest absolute Gasteiger partial charge is 0.280 e. The molecule has 5 nitrogen and oxygen atoms in total. The van der Waals surface area contributed by atoms with Crippen LogP contribution in [0.25, 0.3) is 6.08 Å². The van der Waals surface area contributed by atoms with Gasteiger partial charge in [0.15, 0.2) is 0 Å². The fraction of sp³-hybridized carbons (Fsp3) is 0.0667. The van der Waals surface area contributed by atoms with Gasteiger partial charge in [-0.1, -0.05) is 12.1 Å². The van der Waals surface area contributed by atoms with Crippen LogP contribution in [0.2, 0.25) is 0 Å². The van der Waals surface area contributed by atoms with E-state index in [2.05, 4.69) is 4.72 Å². The summed E-state index contributed by atoms with van der Waals surface area (Å²) in [5, 5.41) is 0.989. The highest BCUT2D eigenvalue weighted by Crippen LogP contribution is 2.32. The summed E-state index contributed by atoms with van der Waals surface area (Å²) >= 11 is 0. The van der Waals surface area contributed by atoms with Crippen molar-refractivity contribution >= 4 is 31.6 Å². The van der Waals surface area contributed by atoms with Crippen LogP contribution in [0, 0.1) is 0 Å². The first-order valence-electron chi connectivity index (χ1n) is 6.76. The van der Waals surface area contributed by atoms with Crippen molar-refractivity contribution in [3.63, 3.8) is 0 Å². The maximum Gasteiger partial charge on any atom is 0.416 e. The molecule has 0 atom stereocenters. The van der Waals surface area contributed by atoms with Crippen molar-refractivity contribution in [3.8, 4) is 0 Å². The summed E-state index contributed by atoms with van der Waals surface area (Å²) in [5.74, 6) is 0. The molecule has 0 fully saturated rings. The first-order chi connectivity index (χ1) is 11.5. The van der Waals surface area contributed by atoms with Crippen molar-refractivity contribution in [3.05, 3.63) is 59.0 Å². The van der Waals surface area contributed by atoms with E-state index >= 15 is 0 Å². The number of benzene rings is 2. The normalized spacial score (nSPS) is 15.8. The average molecular weight is 389 g/mol. The van der Waals surface area contributed by atoms with Crippen LogP contribution in [-0.4, -0.2) is 16.8 Å². The minimum atomic E-state index is -4.68. The van der Waals surface area contributed by atoms with E-state index in [9.17, 15) is 30.0 Å². The molecule has 0 aromatic heterocycles. The summed E-state index contributed by atoms with van der Waals surface area (Å²) in [6.07, 6.45) is -3.31. The van der Waals surface area contributed by atoms with Crippen LogP contribution < -0.4 is 4.72 Å². The summed E-state index contributed by atoms with van der Waals surface area (Å²) in [6, 6.07) is 7.11. The van der Waals surface area contributed by atoms with Crippen LogP contribution in [0.4, 0.5) is 18.9 Å². The maximum absolute atomic E-state index is 12.7. The summed E-state index contributed by atoms with van der Waals surface area (Å²) in [4.78, 5) is -0.652. The Morgan fingerprint density at radius 3 is 2.40 bits per heavy atom. The SMILES string of the molecule is O=S1(=O)C=Cc2ccc(NS(=O)(=O)c3cccc(C(F)(F)F)c3)cc21. The van der Waals surface area contributed by atoms with E-state index in [1.165, 1.54) is 18.2 Å². The Labute approximate surface area is 141 Å².